The summed E-state index contributed by atoms with van der Waals surface area (Å²) in [6.45, 7) is 23.9. The molecule has 0 saturated carbocycles. The van der Waals surface area contributed by atoms with Crippen molar-refractivity contribution < 1.29 is 0 Å². The minimum atomic E-state index is 0.0146. The number of allylic oxidation sites excluding steroid dienone is 17. The van der Waals surface area contributed by atoms with E-state index in [0.717, 1.165) is 25.7 Å². The molecular weight excluding hydrogens is 829 g/mol. The first-order valence-electron chi connectivity index (χ1n) is 26.2. The second-order valence-electron chi connectivity index (χ2n) is 22.4. The highest BCUT2D eigenvalue weighted by atomic mass is 14.5. The third kappa shape index (κ3) is 7.84. The van der Waals surface area contributed by atoms with Gasteiger partial charge in [-0.15, -0.1) is 0 Å². The van der Waals surface area contributed by atoms with Gasteiger partial charge in [-0.05, 0) is 189 Å². The normalized spacial score (nSPS) is 25.7. The number of benzene rings is 5. The van der Waals surface area contributed by atoms with Gasteiger partial charge in [0, 0.05) is 11.8 Å². The minimum absolute atomic E-state index is 0.0146. The Morgan fingerprint density at radius 2 is 1.51 bits per heavy atom. The molecule has 7 unspecified atom stereocenters. The Morgan fingerprint density at radius 3 is 2.22 bits per heavy atom. The molecule has 0 nitrogen and oxygen atoms in total. The minimum Gasteiger partial charge on any atom is -0.0984 e. The Morgan fingerprint density at radius 1 is 0.768 bits per heavy atom. The van der Waals surface area contributed by atoms with Crippen molar-refractivity contribution in [3.8, 4) is 33.4 Å². The summed E-state index contributed by atoms with van der Waals surface area (Å²) < 4.78 is 0. The third-order valence-electron chi connectivity index (χ3n) is 16.9. The summed E-state index contributed by atoms with van der Waals surface area (Å²) in [6.07, 6.45) is 35.6. The van der Waals surface area contributed by atoms with Gasteiger partial charge in [0.2, 0.25) is 0 Å². The second-order valence-corrected chi connectivity index (χ2v) is 22.4. The molecule has 0 heteroatoms. The van der Waals surface area contributed by atoms with Crippen LogP contribution in [0.5, 0.6) is 0 Å². The zero-order chi connectivity index (χ0) is 47.7. The van der Waals surface area contributed by atoms with Gasteiger partial charge in [-0.1, -0.05) is 215 Å². The predicted molar refractivity (Wildman–Crippen MR) is 299 cm³/mol. The first-order valence-corrected chi connectivity index (χ1v) is 26.2. The standard InChI is InChI=1S/C69H70/c1-10-21-47-23-16-17-26-50(47)38-52-39-60(51-35-42(3)34-43(4)36-51)61-46(7)56(32-33-59(61)63(52)55-29-18-15-22-45(55)6)66-54(11-2)64(49-24-13-12-14-25-49)67-57-30-19-27-48-28-20-31-58(62(48)57)68(67)65(66)53-37-44(5)40-69(8,9)41-53/h10-17,19-28,30-35,37,39,41,45-46,51-52,55-56,63H,2,18,29,36,38,40H2,1,3-9H3/b21-10-. The molecular formula is C69H70. The Hall–Kier alpha value is -6.24. The molecule has 0 spiro atoms. The van der Waals surface area contributed by atoms with Gasteiger partial charge >= 0.3 is 0 Å². The molecule has 5 aromatic carbocycles. The molecule has 0 aliphatic heterocycles. The molecule has 0 aromatic heterocycles. The van der Waals surface area contributed by atoms with E-state index in [4.69, 9.17) is 6.58 Å². The van der Waals surface area contributed by atoms with E-state index in [-0.39, 0.29) is 17.3 Å². The summed E-state index contributed by atoms with van der Waals surface area (Å²) in [4.78, 5) is 0. The second kappa shape index (κ2) is 17.9. The van der Waals surface area contributed by atoms with Crippen LogP contribution in [0.3, 0.4) is 0 Å². The summed E-state index contributed by atoms with van der Waals surface area (Å²) in [5.41, 5.74) is 25.4. The van der Waals surface area contributed by atoms with Crippen LogP contribution in [-0.4, -0.2) is 0 Å². The van der Waals surface area contributed by atoms with E-state index in [1.54, 1.807) is 16.7 Å². The van der Waals surface area contributed by atoms with Crippen LogP contribution in [0.2, 0.25) is 0 Å². The number of fused-ring (bicyclic) bond motifs is 3. The van der Waals surface area contributed by atoms with Crippen molar-refractivity contribution >= 4 is 28.5 Å². The molecule has 0 bridgehead atoms. The van der Waals surface area contributed by atoms with Gasteiger partial charge in [0.25, 0.3) is 0 Å². The summed E-state index contributed by atoms with van der Waals surface area (Å²) in [7, 11) is 0. The molecule has 69 heavy (non-hydrogen) atoms. The third-order valence-corrected chi connectivity index (χ3v) is 16.9. The summed E-state index contributed by atoms with van der Waals surface area (Å²) >= 11 is 0. The van der Waals surface area contributed by atoms with Gasteiger partial charge in [-0.3, -0.25) is 0 Å². The lowest BCUT2D eigenvalue weighted by Gasteiger charge is -2.47. The number of hydrogen-bond acceptors (Lipinski definition) is 0. The van der Waals surface area contributed by atoms with Crippen molar-refractivity contribution in [1.29, 1.82) is 0 Å². The van der Waals surface area contributed by atoms with Gasteiger partial charge in [0.05, 0.1) is 0 Å². The molecule has 0 heterocycles. The molecule has 6 aliphatic rings. The molecule has 0 fully saturated rings. The Labute approximate surface area is 413 Å². The SMILES string of the molecule is C=Cc1c(-c2ccccc2)c2c(c(C3=CC(C)(C)CC(C)=C3)c1C1C=CC3=C(C(C4C=C(C)C=C(C)C4)=CC(Cc4ccccc4/C=C\C)C3C3CCC=CC3C)C1C)-c1cccc3cccc-2c13. The Bertz CT molecular complexity index is 3200. The highest BCUT2D eigenvalue weighted by Crippen LogP contribution is 2.61. The Balaban J connectivity index is 1.20. The lowest BCUT2D eigenvalue weighted by Crippen LogP contribution is -2.37. The zero-order valence-electron chi connectivity index (χ0n) is 42.4. The maximum atomic E-state index is 4.78. The summed E-state index contributed by atoms with van der Waals surface area (Å²) in [6, 6.07) is 34.4. The van der Waals surface area contributed by atoms with Crippen LogP contribution in [0, 0.1) is 40.9 Å². The van der Waals surface area contributed by atoms with Gasteiger partial charge in [-0.25, -0.2) is 0 Å². The molecule has 0 N–H and O–H groups in total. The lowest BCUT2D eigenvalue weighted by atomic mass is 9.57. The van der Waals surface area contributed by atoms with Crippen LogP contribution in [-0.2, 0) is 6.42 Å². The van der Waals surface area contributed by atoms with Crippen molar-refractivity contribution in [2.75, 3.05) is 0 Å². The highest BCUT2D eigenvalue weighted by molar-refractivity contribution is 6.21. The first-order chi connectivity index (χ1) is 33.4. The monoisotopic (exact) mass is 899 g/mol. The van der Waals surface area contributed by atoms with Gasteiger partial charge in [0.15, 0.2) is 0 Å². The fourth-order valence-electron chi connectivity index (χ4n) is 14.5. The quantitative estimate of drug-likeness (QED) is 0.127. The van der Waals surface area contributed by atoms with Crippen molar-refractivity contribution in [3.05, 3.63) is 220 Å². The lowest BCUT2D eigenvalue weighted by molar-refractivity contribution is 0.226. The van der Waals surface area contributed by atoms with E-state index in [1.165, 1.54) is 101 Å². The molecule has 11 rings (SSSR count). The maximum absolute atomic E-state index is 4.78. The smallest absolute Gasteiger partial charge is 0.01000 e. The zero-order valence-corrected chi connectivity index (χ0v) is 42.4. The van der Waals surface area contributed by atoms with Gasteiger partial charge in [0.1, 0.15) is 0 Å². The number of rotatable bonds is 9. The van der Waals surface area contributed by atoms with Crippen LogP contribution in [0.4, 0.5) is 0 Å². The van der Waals surface area contributed by atoms with E-state index in [0.29, 0.717) is 29.6 Å². The van der Waals surface area contributed by atoms with Crippen molar-refractivity contribution in [1.82, 2.24) is 0 Å². The fourth-order valence-corrected chi connectivity index (χ4v) is 14.5. The first kappa shape index (κ1) is 45.2. The molecule has 7 atom stereocenters. The molecule has 0 amide bonds. The highest BCUT2D eigenvalue weighted by Gasteiger charge is 2.45. The molecule has 346 valence electrons. The number of hydrogen-bond donors (Lipinski definition) is 0. The van der Waals surface area contributed by atoms with Crippen LogP contribution >= 0.6 is 0 Å². The van der Waals surface area contributed by atoms with Crippen molar-refractivity contribution in [2.24, 2.45) is 40.9 Å². The molecule has 0 radical (unpaired) electrons. The van der Waals surface area contributed by atoms with Crippen LogP contribution in [0.15, 0.2) is 192 Å². The van der Waals surface area contributed by atoms with E-state index in [1.807, 2.05) is 0 Å². The molecule has 6 aliphatic carbocycles. The van der Waals surface area contributed by atoms with Crippen LogP contribution in [0.1, 0.15) is 115 Å². The topological polar surface area (TPSA) is 0 Å². The maximum Gasteiger partial charge on any atom is 0.01000 e. The molecule has 5 aromatic rings. The van der Waals surface area contributed by atoms with Gasteiger partial charge < -0.3 is 0 Å². The average molecular weight is 899 g/mol. The van der Waals surface area contributed by atoms with E-state index in [2.05, 4.69) is 219 Å². The largest absolute Gasteiger partial charge is 0.0984 e. The summed E-state index contributed by atoms with van der Waals surface area (Å²) in [5.74, 6) is 2.49. The van der Waals surface area contributed by atoms with Crippen LogP contribution in [0.25, 0.3) is 61.9 Å². The van der Waals surface area contributed by atoms with Gasteiger partial charge in [-0.2, -0.15) is 0 Å². The average Bonchev–Trinajstić information content (AvgIpc) is 3.66. The van der Waals surface area contributed by atoms with E-state index in [9.17, 15) is 0 Å². The van der Waals surface area contributed by atoms with Crippen molar-refractivity contribution in [2.45, 2.75) is 93.4 Å². The van der Waals surface area contributed by atoms with Crippen molar-refractivity contribution in [3.63, 3.8) is 0 Å². The van der Waals surface area contributed by atoms with E-state index >= 15 is 0 Å². The van der Waals surface area contributed by atoms with E-state index < -0.39 is 0 Å². The van der Waals surface area contributed by atoms with Crippen LogP contribution < -0.4 is 0 Å². The molecule has 0 saturated heterocycles. The summed E-state index contributed by atoms with van der Waals surface area (Å²) in [5, 5.41) is 2.67. The fraction of sp³-hybridized carbons (Fsp3) is 0.304. The predicted octanol–water partition coefficient (Wildman–Crippen LogP) is 19.1. The Kier molecular flexibility index (Phi) is 11.8.